The van der Waals surface area contributed by atoms with Crippen molar-refractivity contribution in [3.63, 3.8) is 0 Å². The molecule has 2 aliphatic carbocycles. The van der Waals surface area contributed by atoms with E-state index in [1.807, 2.05) is 93.6 Å². The summed E-state index contributed by atoms with van der Waals surface area (Å²) in [6, 6.07) is 73.5. The average molecular weight is 952 g/mol. The van der Waals surface area contributed by atoms with E-state index >= 15 is 0 Å². The van der Waals surface area contributed by atoms with Gasteiger partial charge in [-0.25, -0.2) is 6.08 Å². The zero-order valence-corrected chi connectivity index (χ0v) is 40.0. The molecule has 1 atom stereocenters. The van der Waals surface area contributed by atoms with Gasteiger partial charge in [0.25, 0.3) is 0 Å². The smallest absolute Gasteiger partial charge is 0.322 e. The van der Waals surface area contributed by atoms with Crippen molar-refractivity contribution in [2.75, 3.05) is 0 Å². The van der Waals surface area contributed by atoms with Crippen molar-refractivity contribution in [3.05, 3.63) is 291 Å². The molecule has 0 aliphatic heterocycles. The van der Waals surface area contributed by atoms with Crippen LogP contribution in [0.2, 0.25) is 0 Å². The van der Waals surface area contributed by atoms with Crippen LogP contribution >= 0.6 is 15.8 Å². The van der Waals surface area contributed by atoms with E-state index in [1.54, 1.807) is 0 Å². The molecule has 4 heteroatoms. The van der Waals surface area contributed by atoms with Gasteiger partial charge in [-0.3, -0.25) is 4.79 Å². The summed E-state index contributed by atoms with van der Waals surface area (Å²) in [4.78, 5) is 13.9. The van der Waals surface area contributed by atoms with E-state index in [9.17, 15) is 4.79 Å². The van der Waals surface area contributed by atoms with Crippen molar-refractivity contribution in [1.29, 1.82) is 0 Å². The normalized spacial score (nSPS) is 13.5. The minimum Gasteiger partial charge on any atom is -0.322 e. The topological polar surface area (TPSA) is 17.1 Å². The third-order valence-electron chi connectivity index (χ3n) is 10.4. The first-order valence-corrected chi connectivity index (χ1v) is 24.1. The van der Waals surface area contributed by atoms with E-state index < -0.39 is 26.9 Å². The zero-order chi connectivity index (χ0) is 43.7. The van der Waals surface area contributed by atoms with Gasteiger partial charge in [0.2, 0.25) is 0 Å². The summed E-state index contributed by atoms with van der Waals surface area (Å²) >= 11 is 0. The van der Waals surface area contributed by atoms with Crippen LogP contribution < -0.4 is 26.5 Å². The molecular formula is C60H52OP2Ru+. The molecule has 0 aromatic heterocycles. The number of allylic oxidation sites excluding steroid dienone is 5. The molecule has 315 valence electrons. The van der Waals surface area contributed by atoms with Crippen LogP contribution in [0.5, 0.6) is 0 Å². The van der Waals surface area contributed by atoms with Crippen LogP contribution in [0.1, 0.15) is 31.9 Å². The van der Waals surface area contributed by atoms with Gasteiger partial charge < -0.3 is 5.73 Å². The Labute approximate surface area is 398 Å². The van der Waals surface area contributed by atoms with Crippen LogP contribution in [0.15, 0.2) is 242 Å². The van der Waals surface area contributed by atoms with Crippen LogP contribution in [-0.4, -0.2) is 11.4 Å². The van der Waals surface area contributed by atoms with Gasteiger partial charge in [0.15, 0.2) is 0 Å². The molecule has 1 unspecified atom stereocenters. The fraction of sp³-hybridized carbons (Fsp3) is 0.0833. The average Bonchev–Trinajstić information content (AvgIpc) is 3.83. The van der Waals surface area contributed by atoms with Crippen LogP contribution in [0, 0.1) is 42.6 Å². The Balaban J connectivity index is 0.000000193. The predicted molar refractivity (Wildman–Crippen MR) is 272 cm³/mol. The van der Waals surface area contributed by atoms with Crippen molar-refractivity contribution >= 4 is 53.7 Å². The SMILES string of the molecule is CC(C)(C)C(=O)C([C-]=C=C(c1ccccc1)c1ccccc1)P(c1ccccc1)c1ccccc1.[CH]1[CH][C]2C=CC=C[C]2[CH]1.[Ru+2].c1ccc(P(c2ccccc2)c2ccccc2)cc1. The van der Waals surface area contributed by atoms with Gasteiger partial charge >= 0.3 is 19.5 Å². The molecule has 0 heterocycles. The van der Waals surface area contributed by atoms with Crippen LogP contribution in [0.25, 0.3) is 5.57 Å². The number of carbonyl (C=O) groups is 1. The Morgan fingerprint density at radius 2 is 0.781 bits per heavy atom. The molecule has 7 aromatic carbocycles. The fourth-order valence-electron chi connectivity index (χ4n) is 7.19. The van der Waals surface area contributed by atoms with Gasteiger partial charge in [0, 0.05) is 17.3 Å². The maximum Gasteiger partial charge on any atom is 2.00 e. The van der Waals surface area contributed by atoms with E-state index in [1.165, 1.54) is 27.7 Å². The molecule has 2 aliphatic rings. The molecule has 0 amide bonds. The number of carbonyl (C=O) groups excluding carboxylic acids is 1. The summed E-state index contributed by atoms with van der Waals surface area (Å²) in [5, 5.41) is 6.51. The van der Waals surface area contributed by atoms with E-state index in [0.29, 0.717) is 0 Å². The molecule has 7 aromatic rings. The quantitative estimate of drug-likeness (QED) is 0.0578. The zero-order valence-electron chi connectivity index (χ0n) is 36.5. The van der Waals surface area contributed by atoms with Gasteiger partial charge in [-0.2, -0.15) is 0 Å². The van der Waals surface area contributed by atoms with Gasteiger partial charge in [0.05, 0.1) is 0 Å². The molecule has 0 bridgehead atoms. The van der Waals surface area contributed by atoms with Gasteiger partial charge in [-0.1, -0.05) is 269 Å². The third kappa shape index (κ3) is 13.4. The van der Waals surface area contributed by atoms with E-state index in [2.05, 4.69) is 195 Å². The van der Waals surface area contributed by atoms with Crippen molar-refractivity contribution in [3.8, 4) is 0 Å². The van der Waals surface area contributed by atoms with Gasteiger partial charge in [-0.15, -0.1) is 5.57 Å². The number of benzene rings is 7. The summed E-state index contributed by atoms with van der Waals surface area (Å²) < 4.78 is 0. The molecule has 5 radical (unpaired) electrons. The second kappa shape index (κ2) is 24.7. The minimum atomic E-state index is -1.02. The largest absolute Gasteiger partial charge is 2.00 e. The van der Waals surface area contributed by atoms with Crippen molar-refractivity contribution in [2.45, 2.75) is 26.4 Å². The standard InChI is InChI=1S/C33H30OP.C18H15P.C9H7.Ru/c1-33(2,3)32(34)31(35(28-20-12-6-13-21-28)29-22-14-7-15-23-29)25-24-30(26-16-8-4-9-17-26)27-18-10-5-11-19-27;1-4-10-16(11-5-1)19(17-12-6-2-7-13-17)18-14-8-3-9-15-18;1-2-5-9-7-3-6-8(9)4-1;/h4-23,31H,1-3H3;1-15H;1-7H;/q-1;;;+2. The van der Waals surface area contributed by atoms with E-state index in [4.69, 9.17) is 0 Å². The second-order valence-electron chi connectivity index (χ2n) is 15.9. The Morgan fingerprint density at radius 1 is 0.469 bits per heavy atom. The Hall–Kier alpha value is -5.31. The number of Topliss-reactive ketones (excluding diaryl/α,β-unsaturated/α-hetero) is 1. The maximum absolute atomic E-state index is 13.9. The van der Waals surface area contributed by atoms with Gasteiger partial charge in [-0.05, 0) is 67.3 Å². The first-order chi connectivity index (χ1) is 30.9. The number of rotatable bonds is 10. The second-order valence-corrected chi connectivity index (χ2v) is 20.4. The van der Waals surface area contributed by atoms with Crippen molar-refractivity contribution in [2.24, 2.45) is 5.41 Å². The summed E-state index contributed by atoms with van der Waals surface area (Å²) in [6.45, 7) is 5.98. The van der Waals surface area contributed by atoms with Gasteiger partial charge in [0.1, 0.15) is 5.78 Å². The summed E-state index contributed by atoms with van der Waals surface area (Å²) in [6.07, 6.45) is 18.2. The Kier molecular flexibility index (Phi) is 18.6. The molecule has 9 rings (SSSR count). The molecule has 0 saturated heterocycles. The predicted octanol–water partition coefficient (Wildman–Crippen LogP) is 12.5. The first kappa shape index (κ1) is 48.2. The molecule has 64 heavy (non-hydrogen) atoms. The minimum absolute atomic E-state index is 0. The first-order valence-electron chi connectivity index (χ1n) is 21.4. The Bertz CT molecular complexity index is 2370. The Morgan fingerprint density at radius 3 is 1.11 bits per heavy atom. The van der Waals surface area contributed by atoms with Crippen molar-refractivity contribution < 1.29 is 24.3 Å². The maximum atomic E-state index is 13.9. The molecular weight excluding hydrogens is 900 g/mol. The molecule has 1 saturated carbocycles. The van der Waals surface area contributed by atoms with Crippen molar-refractivity contribution in [1.82, 2.24) is 0 Å². The van der Waals surface area contributed by atoms with Crippen LogP contribution in [-0.2, 0) is 24.3 Å². The monoisotopic (exact) mass is 952 g/mol. The molecule has 1 fully saturated rings. The number of fused-ring (bicyclic) bond motifs is 1. The summed E-state index contributed by atoms with van der Waals surface area (Å²) in [5.41, 5.74) is 5.59. The number of hydrogen-bond donors (Lipinski definition) is 0. The van der Waals surface area contributed by atoms with Crippen LogP contribution in [0.3, 0.4) is 0 Å². The van der Waals surface area contributed by atoms with E-state index in [-0.39, 0.29) is 25.3 Å². The fourth-order valence-corrected chi connectivity index (χ4v) is 12.2. The molecule has 0 N–H and O–H groups in total. The molecule has 1 nitrogen and oxygen atoms in total. The number of hydrogen-bond acceptors (Lipinski definition) is 1. The third-order valence-corrected chi connectivity index (χ3v) is 15.4. The summed E-state index contributed by atoms with van der Waals surface area (Å²) in [7, 11) is -1.47. The molecule has 0 spiro atoms. The number of ketones is 1. The van der Waals surface area contributed by atoms with E-state index in [0.717, 1.165) is 27.3 Å². The summed E-state index contributed by atoms with van der Waals surface area (Å²) in [5.74, 6) is 2.83. The van der Waals surface area contributed by atoms with Crippen LogP contribution in [0.4, 0.5) is 0 Å².